The van der Waals surface area contributed by atoms with E-state index in [0.717, 1.165) is 10.0 Å². The molecule has 4 nitrogen and oxygen atoms in total. The molecule has 5 heteroatoms. The fourth-order valence-corrected chi connectivity index (χ4v) is 3.35. The van der Waals surface area contributed by atoms with Crippen molar-refractivity contribution in [1.29, 1.82) is 0 Å². The second-order valence-corrected chi connectivity index (χ2v) is 6.76. The molecule has 2 aromatic carbocycles. The minimum atomic E-state index is -0.108. The highest BCUT2D eigenvalue weighted by molar-refractivity contribution is 9.10. The van der Waals surface area contributed by atoms with E-state index in [1.807, 2.05) is 54.3 Å². The molecule has 126 valence electrons. The second-order valence-electron chi connectivity index (χ2n) is 5.90. The molecule has 1 fully saturated rings. The van der Waals surface area contributed by atoms with E-state index < -0.39 is 0 Å². The lowest BCUT2D eigenvalue weighted by Crippen LogP contribution is -2.46. The first-order chi connectivity index (χ1) is 11.6. The van der Waals surface area contributed by atoms with E-state index >= 15 is 0 Å². The van der Waals surface area contributed by atoms with Gasteiger partial charge in [0.2, 0.25) is 0 Å². The van der Waals surface area contributed by atoms with Crippen molar-refractivity contribution in [1.82, 2.24) is 4.90 Å². The Kier molecular flexibility index (Phi) is 5.21. The van der Waals surface area contributed by atoms with Gasteiger partial charge in [0.05, 0.1) is 25.3 Å². The first kappa shape index (κ1) is 17.0. The van der Waals surface area contributed by atoms with Gasteiger partial charge >= 0.3 is 0 Å². The summed E-state index contributed by atoms with van der Waals surface area (Å²) in [5.41, 5.74) is 1.70. The number of morpholine rings is 1. The Morgan fingerprint density at radius 3 is 2.67 bits per heavy atom. The van der Waals surface area contributed by atoms with Crippen molar-refractivity contribution in [3.05, 3.63) is 64.1 Å². The van der Waals surface area contributed by atoms with Crippen LogP contribution in [0.3, 0.4) is 0 Å². The van der Waals surface area contributed by atoms with Crippen LogP contribution in [-0.2, 0) is 4.74 Å². The summed E-state index contributed by atoms with van der Waals surface area (Å²) in [6.45, 7) is 3.11. The van der Waals surface area contributed by atoms with Crippen LogP contribution in [-0.4, -0.2) is 37.1 Å². The molecule has 0 aromatic heterocycles. The molecule has 2 unspecified atom stereocenters. The molecular formula is C19H20BrNO3. The van der Waals surface area contributed by atoms with E-state index in [2.05, 4.69) is 15.9 Å². The van der Waals surface area contributed by atoms with E-state index in [1.54, 1.807) is 13.2 Å². The van der Waals surface area contributed by atoms with E-state index in [4.69, 9.17) is 9.47 Å². The molecule has 1 heterocycles. The number of hydrogen-bond acceptors (Lipinski definition) is 3. The number of nitrogens with zero attached hydrogens (tertiary/aromatic N) is 1. The average Bonchev–Trinajstić information content (AvgIpc) is 2.62. The molecule has 1 aliphatic rings. The molecule has 0 aliphatic carbocycles. The van der Waals surface area contributed by atoms with E-state index in [0.29, 0.717) is 24.4 Å². The highest BCUT2D eigenvalue weighted by atomic mass is 79.9. The summed E-state index contributed by atoms with van der Waals surface area (Å²) in [6.07, 6.45) is -0.124. The average molecular weight is 390 g/mol. The van der Waals surface area contributed by atoms with Gasteiger partial charge in [0.1, 0.15) is 11.9 Å². The van der Waals surface area contributed by atoms with Crippen molar-refractivity contribution in [3.8, 4) is 5.75 Å². The molecule has 0 saturated carbocycles. The molecule has 2 atom stereocenters. The smallest absolute Gasteiger partial charge is 0.255 e. The maximum absolute atomic E-state index is 13.0. The van der Waals surface area contributed by atoms with Crippen LogP contribution in [0.25, 0.3) is 0 Å². The van der Waals surface area contributed by atoms with Crippen LogP contribution in [0, 0.1) is 0 Å². The lowest BCUT2D eigenvalue weighted by Gasteiger charge is -2.37. The normalized spacial score (nSPS) is 20.7. The zero-order valence-electron chi connectivity index (χ0n) is 13.7. The van der Waals surface area contributed by atoms with Crippen molar-refractivity contribution in [3.63, 3.8) is 0 Å². The van der Waals surface area contributed by atoms with Crippen molar-refractivity contribution in [2.75, 3.05) is 20.2 Å². The number of methoxy groups -OCH3 is 1. The highest BCUT2D eigenvalue weighted by Gasteiger charge is 2.30. The second kappa shape index (κ2) is 7.36. The fraction of sp³-hybridized carbons (Fsp3) is 0.316. The maximum Gasteiger partial charge on any atom is 0.255 e. The summed E-state index contributed by atoms with van der Waals surface area (Å²) in [6, 6.07) is 15.5. The number of benzene rings is 2. The van der Waals surface area contributed by atoms with E-state index in [-0.39, 0.29) is 18.1 Å². The van der Waals surface area contributed by atoms with Gasteiger partial charge in [0, 0.05) is 11.0 Å². The summed E-state index contributed by atoms with van der Waals surface area (Å²) in [7, 11) is 1.60. The van der Waals surface area contributed by atoms with E-state index in [9.17, 15) is 4.79 Å². The molecule has 1 amide bonds. The highest BCUT2D eigenvalue weighted by Crippen LogP contribution is 2.29. The van der Waals surface area contributed by atoms with Gasteiger partial charge in [-0.2, -0.15) is 0 Å². The molecule has 24 heavy (non-hydrogen) atoms. The lowest BCUT2D eigenvalue weighted by atomic mass is 10.1. The van der Waals surface area contributed by atoms with Gasteiger partial charge in [0.25, 0.3) is 5.91 Å². The summed E-state index contributed by atoms with van der Waals surface area (Å²) in [5, 5.41) is 0. The van der Waals surface area contributed by atoms with Gasteiger partial charge in [-0.15, -0.1) is 0 Å². The first-order valence-electron chi connectivity index (χ1n) is 7.91. The van der Waals surface area contributed by atoms with Crippen LogP contribution in [0.1, 0.15) is 28.9 Å². The summed E-state index contributed by atoms with van der Waals surface area (Å²) >= 11 is 3.47. The standard InChI is InChI=1S/C19H20BrNO3/c1-13-11-21(12-18(24-13)14-6-4-3-5-7-14)19(22)16-10-15(23-2)8-9-17(16)20/h3-10,13,18H,11-12H2,1-2H3. The largest absolute Gasteiger partial charge is 0.497 e. The number of amides is 1. The zero-order valence-corrected chi connectivity index (χ0v) is 15.3. The van der Waals surface area contributed by atoms with Crippen molar-refractivity contribution in [2.24, 2.45) is 0 Å². The fourth-order valence-electron chi connectivity index (χ4n) is 2.93. The number of carbonyl (C=O) groups excluding carboxylic acids is 1. The molecular weight excluding hydrogens is 370 g/mol. The van der Waals surface area contributed by atoms with Crippen molar-refractivity contribution in [2.45, 2.75) is 19.1 Å². The van der Waals surface area contributed by atoms with Gasteiger partial charge in [-0.05, 0) is 46.6 Å². The van der Waals surface area contributed by atoms with Crippen LogP contribution >= 0.6 is 15.9 Å². The third-order valence-corrected chi connectivity index (χ3v) is 4.81. The molecule has 1 aliphatic heterocycles. The Hall–Kier alpha value is -1.85. The summed E-state index contributed by atoms with van der Waals surface area (Å²) in [5.74, 6) is 0.652. The predicted octanol–water partition coefficient (Wildman–Crippen LogP) is 4.06. The maximum atomic E-state index is 13.0. The first-order valence-corrected chi connectivity index (χ1v) is 8.71. The molecule has 0 N–H and O–H groups in total. The molecule has 2 aromatic rings. The number of ether oxygens (including phenoxy) is 2. The SMILES string of the molecule is COc1ccc(Br)c(C(=O)N2CC(C)OC(c3ccccc3)C2)c1. The van der Waals surface area contributed by atoms with Gasteiger partial charge in [0.15, 0.2) is 0 Å². The predicted molar refractivity (Wildman–Crippen MR) is 96.3 cm³/mol. The third kappa shape index (κ3) is 3.62. The van der Waals surface area contributed by atoms with Gasteiger partial charge < -0.3 is 14.4 Å². The number of halogens is 1. The number of hydrogen-bond donors (Lipinski definition) is 0. The Morgan fingerprint density at radius 1 is 1.21 bits per heavy atom. The van der Waals surface area contributed by atoms with Crippen LogP contribution in [0.15, 0.2) is 53.0 Å². The Bertz CT molecular complexity index is 720. The minimum absolute atomic E-state index is 0.0164. The quantitative estimate of drug-likeness (QED) is 0.794. The van der Waals surface area contributed by atoms with Crippen molar-refractivity contribution < 1.29 is 14.3 Å². The van der Waals surface area contributed by atoms with Crippen molar-refractivity contribution >= 4 is 21.8 Å². The van der Waals surface area contributed by atoms with Crippen LogP contribution in [0.5, 0.6) is 5.75 Å². The lowest BCUT2D eigenvalue weighted by molar-refractivity contribution is -0.0692. The topological polar surface area (TPSA) is 38.8 Å². The van der Waals surface area contributed by atoms with Gasteiger partial charge in [-0.3, -0.25) is 4.79 Å². The molecule has 1 saturated heterocycles. The summed E-state index contributed by atoms with van der Waals surface area (Å²) < 4.78 is 12.0. The van der Waals surface area contributed by atoms with Crippen LogP contribution in [0.4, 0.5) is 0 Å². The summed E-state index contributed by atoms with van der Waals surface area (Å²) in [4.78, 5) is 14.8. The molecule has 3 rings (SSSR count). The minimum Gasteiger partial charge on any atom is -0.497 e. The Balaban J connectivity index is 1.84. The Labute approximate surface area is 150 Å². The third-order valence-electron chi connectivity index (χ3n) is 4.12. The number of rotatable bonds is 3. The molecule has 0 bridgehead atoms. The van der Waals surface area contributed by atoms with Gasteiger partial charge in [-0.25, -0.2) is 0 Å². The van der Waals surface area contributed by atoms with Crippen LogP contribution in [0.2, 0.25) is 0 Å². The van der Waals surface area contributed by atoms with E-state index in [1.165, 1.54) is 0 Å². The monoisotopic (exact) mass is 389 g/mol. The van der Waals surface area contributed by atoms with Crippen LogP contribution < -0.4 is 4.74 Å². The van der Waals surface area contributed by atoms with Gasteiger partial charge in [-0.1, -0.05) is 30.3 Å². The Morgan fingerprint density at radius 2 is 1.96 bits per heavy atom. The number of carbonyl (C=O) groups is 1. The molecule has 0 radical (unpaired) electrons. The molecule has 0 spiro atoms. The zero-order chi connectivity index (χ0) is 17.1.